The van der Waals surface area contributed by atoms with Gasteiger partial charge in [0.25, 0.3) is 5.91 Å². The molecule has 0 fully saturated rings. The van der Waals surface area contributed by atoms with Gasteiger partial charge in [-0.2, -0.15) is 0 Å². The third-order valence-corrected chi connectivity index (χ3v) is 8.83. The average Bonchev–Trinajstić information content (AvgIpc) is 3.65. The van der Waals surface area contributed by atoms with Gasteiger partial charge in [-0.3, -0.25) is 14.6 Å². The molecule has 43 heavy (non-hydrogen) atoms. The number of benzene rings is 1. The number of H-pyrrole nitrogens is 1. The zero-order valence-corrected chi connectivity index (χ0v) is 27.1. The number of carbonyl (C=O) groups is 3. The minimum Gasteiger partial charge on any atom is -0.443 e. The largest absolute Gasteiger partial charge is 0.443 e. The van der Waals surface area contributed by atoms with Gasteiger partial charge in [0.15, 0.2) is 0 Å². The van der Waals surface area contributed by atoms with Crippen LogP contribution in [0.3, 0.4) is 0 Å². The van der Waals surface area contributed by atoms with Crippen LogP contribution in [-0.2, 0) is 27.2 Å². The number of nitrogens with two attached hydrogens (primary N) is 1. The third kappa shape index (κ3) is 11.3. The number of aliphatic hydroxyl groups excluding tert-OH is 1. The molecule has 1 aliphatic rings. The van der Waals surface area contributed by atoms with Crippen LogP contribution in [-0.4, -0.2) is 90.1 Å². The van der Waals surface area contributed by atoms with Crippen LogP contribution >= 0.6 is 23.5 Å². The van der Waals surface area contributed by atoms with Crippen molar-refractivity contribution < 1.29 is 24.2 Å². The van der Waals surface area contributed by atoms with E-state index in [1.165, 1.54) is 18.1 Å². The van der Waals surface area contributed by atoms with Crippen LogP contribution in [0.25, 0.3) is 0 Å². The Balaban J connectivity index is 1.93. The molecule has 0 radical (unpaired) electrons. The van der Waals surface area contributed by atoms with Crippen LogP contribution in [0.2, 0.25) is 0 Å². The molecule has 2 aromatic rings. The third-order valence-electron chi connectivity index (χ3n) is 6.48. The van der Waals surface area contributed by atoms with Gasteiger partial charge in [-0.25, -0.2) is 14.7 Å². The lowest BCUT2D eigenvalue weighted by molar-refractivity contribution is -0.140. The van der Waals surface area contributed by atoms with Gasteiger partial charge < -0.3 is 25.9 Å². The van der Waals surface area contributed by atoms with Gasteiger partial charge in [0, 0.05) is 29.8 Å². The van der Waals surface area contributed by atoms with Crippen LogP contribution in [0.1, 0.15) is 52.3 Å². The second-order valence-corrected chi connectivity index (χ2v) is 14.2. The molecule has 0 saturated carbocycles. The Kier molecular flexibility index (Phi) is 13.1. The summed E-state index contributed by atoms with van der Waals surface area (Å²) in [5.41, 5.74) is 6.80. The summed E-state index contributed by atoms with van der Waals surface area (Å²) >= 11 is 3.02. The first-order valence-electron chi connectivity index (χ1n) is 14.4. The molecule has 0 bridgehead atoms. The first-order valence-corrected chi connectivity index (χ1v) is 16.4. The number of nitrogens with one attached hydrogen (secondary N) is 2. The lowest BCUT2D eigenvalue weighted by Crippen LogP contribution is -2.60. The summed E-state index contributed by atoms with van der Waals surface area (Å²) in [4.78, 5) is 53.9. The number of hydrogen-bond acceptors (Lipinski definition) is 10. The van der Waals surface area contributed by atoms with Crippen LogP contribution in [0.15, 0.2) is 47.8 Å². The summed E-state index contributed by atoms with van der Waals surface area (Å²) in [6.45, 7) is 9.75. The van der Waals surface area contributed by atoms with E-state index in [0.29, 0.717) is 12.1 Å². The number of imide groups is 1. The number of aromatic amines is 1. The lowest BCUT2D eigenvalue weighted by Gasteiger charge is -2.37. The minimum atomic E-state index is -1.19. The Morgan fingerprint density at radius 2 is 1.93 bits per heavy atom. The van der Waals surface area contributed by atoms with Crippen molar-refractivity contribution >= 4 is 45.8 Å². The van der Waals surface area contributed by atoms with Crippen molar-refractivity contribution in [1.82, 2.24) is 20.2 Å². The van der Waals surface area contributed by atoms with Crippen molar-refractivity contribution in [3.8, 4) is 0 Å². The van der Waals surface area contributed by atoms with Crippen LogP contribution < -0.4 is 11.1 Å². The van der Waals surface area contributed by atoms with E-state index in [-0.39, 0.29) is 24.5 Å². The normalized spacial score (nSPS) is 16.2. The zero-order chi connectivity index (χ0) is 31.6. The summed E-state index contributed by atoms with van der Waals surface area (Å²) < 4.78 is 6.56. The Morgan fingerprint density at radius 1 is 1.21 bits per heavy atom. The van der Waals surface area contributed by atoms with Crippen molar-refractivity contribution in [2.75, 3.05) is 18.1 Å². The molecule has 0 aliphatic carbocycles. The monoisotopic (exact) mass is 632 g/mol. The number of hydrogen-bond donors (Lipinski definition) is 4. The van der Waals surface area contributed by atoms with Gasteiger partial charge in [0.05, 0.1) is 31.1 Å². The zero-order valence-electron chi connectivity index (χ0n) is 25.5. The smallest absolute Gasteiger partial charge is 0.417 e. The predicted molar refractivity (Wildman–Crippen MR) is 172 cm³/mol. The summed E-state index contributed by atoms with van der Waals surface area (Å²) in [5.74, 6) is -0.0989. The Morgan fingerprint density at radius 3 is 2.51 bits per heavy atom. The molecular formula is C30H44N6O5S2. The van der Waals surface area contributed by atoms with E-state index in [0.717, 1.165) is 27.1 Å². The highest BCUT2D eigenvalue weighted by atomic mass is 32.2. The van der Waals surface area contributed by atoms with Crippen LogP contribution in [0, 0.1) is 5.92 Å². The number of amides is 3. The molecule has 11 nitrogen and oxygen atoms in total. The molecule has 1 aliphatic heterocycles. The van der Waals surface area contributed by atoms with Gasteiger partial charge in [-0.15, -0.1) is 0 Å². The summed E-state index contributed by atoms with van der Waals surface area (Å²) in [6.07, 6.45) is 1.66. The quantitative estimate of drug-likeness (QED) is 0.259. The summed E-state index contributed by atoms with van der Waals surface area (Å²) in [5, 5.41) is 14.2. The van der Waals surface area contributed by atoms with Crippen molar-refractivity contribution in [3.05, 3.63) is 54.1 Å². The number of aliphatic imine (C=N–C) groups is 1. The number of thioether (sulfide) groups is 2. The lowest BCUT2D eigenvalue weighted by atomic mass is 9.97. The molecule has 0 saturated heterocycles. The maximum absolute atomic E-state index is 14.4. The molecule has 2 heterocycles. The van der Waals surface area contributed by atoms with E-state index in [1.54, 1.807) is 38.7 Å². The van der Waals surface area contributed by atoms with Crippen molar-refractivity contribution in [2.24, 2.45) is 16.6 Å². The van der Waals surface area contributed by atoms with E-state index in [4.69, 9.17) is 10.5 Å². The first kappa shape index (κ1) is 34.6. The SMILES string of the molecule is CC(C)C[C@@H](C(O)CSC1=NCCS1)N(C(=O)OC(C)(C)C)C(=O)[C@H](Cc1cnc[nH]1)NC(=O)[C@@H](N)Cc1ccccc1. The fourth-order valence-electron chi connectivity index (χ4n) is 4.51. The first-order chi connectivity index (χ1) is 20.3. The average molecular weight is 633 g/mol. The predicted octanol–water partition coefficient (Wildman–Crippen LogP) is 3.38. The van der Waals surface area contributed by atoms with E-state index in [2.05, 4.69) is 20.3 Å². The number of aliphatic hydroxyl groups is 1. The Bertz CT molecular complexity index is 1220. The van der Waals surface area contributed by atoms with Gasteiger partial charge in [0.2, 0.25) is 5.91 Å². The molecule has 1 aromatic carbocycles. The number of carbonyl (C=O) groups excluding carboxylic acids is 3. The minimum absolute atomic E-state index is 0.0224. The highest BCUT2D eigenvalue weighted by Crippen LogP contribution is 2.27. The number of ether oxygens (including phenoxy) is 1. The molecule has 236 valence electrons. The van der Waals surface area contributed by atoms with E-state index in [9.17, 15) is 19.5 Å². The molecule has 1 aromatic heterocycles. The number of nitrogens with zero attached hydrogens (tertiary/aromatic N) is 3. The van der Waals surface area contributed by atoms with Gasteiger partial charge in [0.1, 0.15) is 16.0 Å². The maximum Gasteiger partial charge on any atom is 0.417 e. The Hall–Kier alpha value is -2.87. The highest BCUT2D eigenvalue weighted by Gasteiger charge is 2.41. The van der Waals surface area contributed by atoms with Crippen LogP contribution in [0.5, 0.6) is 0 Å². The van der Waals surface area contributed by atoms with Crippen molar-refractivity contribution in [1.29, 1.82) is 0 Å². The van der Waals surface area contributed by atoms with Crippen molar-refractivity contribution in [2.45, 2.75) is 83.7 Å². The fourth-order valence-corrected chi connectivity index (χ4v) is 6.56. The molecule has 13 heteroatoms. The fraction of sp³-hybridized carbons (Fsp3) is 0.567. The van der Waals surface area contributed by atoms with Crippen LogP contribution in [0.4, 0.5) is 4.79 Å². The molecule has 5 N–H and O–H groups in total. The number of rotatable bonds is 13. The van der Waals surface area contributed by atoms with Gasteiger partial charge >= 0.3 is 6.09 Å². The molecule has 4 atom stereocenters. The highest BCUT2D eigenvalue weighted by molar-refractivity contribution is 8.39. The molecular weight excluding hydrogens is 589 g/mol. The van der Waals surface area contributed by atoms with E-state index >= 15 is 0 Å². The molecule has 1 unspecified atom stereocenters. The maximum atomic E-state index is 14.4. The van der Waals surface area contributed by atoms with Gasteiger partial charge in [-0.05, 0) is 45.1 Å². The van der Waals surface area contributed by atoms with Crippen molar-refractivity contribution in [3.63, 3.8) is 0 Å². The second kappa shape index (κ2) is 16.3. The topological polar surface area (TPSA) is 163 Å². The van der Waals surface area contributed by atoms with Gasteiger partial charge in [-0.1, -0.05) is 67.7 Å². The van der Waals surface area contributed by atoms with E-state index in [1.807, 2.05) is 44.2 Å². The number of imidazole rings is 1. The molecule has 0 spiro atoms. The second-order valence-electron chi connectivity index (χ2n) is 11.9. The number of aromatic nitrogens is 2. The van der Waals surface area contributed by atoms with E-state index < -0.39 is 47.7 Å². The standard InChI is InChI=1S/C30H44N6O5S2/c1-19(2)13-24(25(37)17-43-28-33-11-12-42-28)36(29(40)41-30(3,4)5)27(39)23(15-21-16-32-18-34-21)35-26(38)22(31)14-20-9-7-6-8-10-20/h6-10,16,18-19,22-25,37H,11-15,17,31H2,1-5H3,(H,32,34)(H,35,38)/t22-,23-,24-,25?/m0/s1. The Labute approximate surface area is 262 Å². The molecule has 3 rings (SSSR count). The summed E-state index contributed by atoms with van der Waals surface area (Å²) in [7, 11) is 0. The summed E-state index contributed by atoms with van der Waals surface area (Å²) in [6, 6.07) is 6.30. The molecule has 3 amide bonds.